The zero-order valence-electron chi connectivity index (χ0n) is 12.0. The Hall–Kier alpha value is -1.00. The third-order valence-corrected chi connectivity index (χ3v) is 4.53. The van der Waals surface area contributed by atoms with E-state index in [0.717, 1.165) is 11.8 Å². The maximum Gasteiger partial charge on any atom is 0.238 e. The molecule has 1 aromatic rings. The van der Waals surface area contributed by atoms with Crippen molar-refractivity contribution in [1.82, 2.24) is 10.0 Å². The van der Waals surface area contributed by atoms with Crippen molar-refractivity contribution in [1.29, 1.82) is 0 Å². The van der Waals surface area contributed by atoms with Gasteiger partial charge >= 0.3 is 0 Å². The molecule has 1 unspecified atom stereocenters. The van der Waals surface area contributed by atoms with Gasteiger partial charge < -0.3 is 5.32 Å². The molecule has 0 fully saturated rings. The fourth-order valence-corrected chi connectivity index (χ4v) is 2.76. The number of nitrogens with two attached hydrogens (primary N) is 1. The topological polar surface area (TPSA) is 118 Å². The Kier molecular flexibility index (Phi) is 6.29. The molecule has 1 aromatic carbocycles. The molecule has 0 aromatic heterocycles. The molecular formula is C12H21N3O4S2. The molecule has 120 valence electrons. The molecule has 0 saturated heterocycles. The minimum absolute atomic E-state index is 0.0257. The van der Waals surface area contributed by atoms with E-state index >= 15 is 0 Å². The summed E-state index contributed by atoms with van der Waals surface area (Å²) in [4.78, 5) is 0.0794. The number of nitrogens with one attached hydrogen (secondary N) is 2. The quantitative estimate of drug-likeness (QED) is 0.574. The molecule has 9 heteroatoms. The zero-order chi connectivity index (χ0) is 16.1. The zero-order valence-corrected chi connectivity index (χ0v) is 13.7. The lowest BCUT2D eigenvalue weighted by Crippen LogP contribution is -2.27. The van der Waals surface area contributed by atoms with Crippen LogP contribution in [0.25, 0.3) is 0 Å². The highest BCUT2D eigenvalue weighted by molar-refractivity contribution is 7.89. The van der Waals surface area contributed by atoms with Crippen molar-refractivity contribution in [2.75, 3.05) is 19.3 Å². The fraction of sp³-hybridized carbons (Fsp3) is 0.500. The first-order valence-corrected chi connectivity index (χ1v) is 9.84. The third-order valence-electron chi connectivity index (χ3n) is 2.88. The Morgan fingerprint density at radius 2 is 1.67 bits per heavy atom. The summed E-state index contributed by atoms with van der Waals surface area (Å²) in [6, 6.07) is 6.36. The largest absolute Gasteiger partial charge is 0.310 e. The summed E-state index contributed by atoms with van der Waals surface area (Å²) in [5.41, 5.74) is 0.929. The second-order valence-electron chi connectivity index (χ2n) is 4.81. The lowest BCUT2D eigenvalue weighted by atomic mass is 10.1. The van der Waals surface area contributed by atoms with Gasteiger partial charge in [-0.2, -0.15) is 0 Å². The van der Waals surface area contributed by atoms with Gasteiger partial charge in [-0.15, -0.1) is 0 Å². The lowest BCUT2D eigenvalue weighted by molar-refractivity contribution is 0.548. The van der Waals surface area contributed by atoms with Crippen molar-refractivity contribution in [3.05, 3.63) is 29.8 Å². The van der Waals surface area contributed by atoms with Crippen molar-refractivity contribution in [3.63, 3.8) is 0 Å². The SMILES string of the molecule is CC(NCCCNS(C)(=O)=O)c1ccc(S(N)(=O)=O)cc1. The molecule has 0 aliphatic carbocycles. The summed E-state index contributed by atoms with van der Waals surface area (Å²) >= 11 is 0. The number of sulfonamides is 2. The summed E-state index contributed by atoms with van der Waals surface area (Å²) in [5, 5.41) is 8.26. The van der Waals surface area contributed by atoms with Crippen LogP contribution in [0.3, 0.4) is 0 Å². The first-order chi connectivity index (χ1) is 9.59. The second kappa shape index (κ2) is 7.32. The van der Waals surface area contributed by atoms with E-state index in [1.54, 1.807) is 12.1 Å². The summed E-state index contributed by atoms with van der Waals surface area (Å²) in [5.74, 6) is 0. The monoisotopic (exact) mass is 335 g/mol. The van der Waals surface area contributed by atoms with Crippen LogP contribution >= 0.6 is 0 Å². The highest BCUT2D eigenvalue weighted by Crippen LogP contribution is 2.15. The van der Waals surface area contributed by atoms with Gasteiger partial charge in [-0.25, -0.2) is 26.7 Å². The van der Waals surface area contributed by atoms with Gasteiger partial charge in [0, 0.05) is 12.6 Å². The molecule has 21 heavy (non-hydrogen) atoms. The van der Waals surface area contributed by atoms with Gasteiger partial charge in [-0.3, -0.25) is 0 Å². The molecule has 0 saturated carbocycles. The lowest BCUT2D eigenvalue weighted by Gasteiger charge is -2.14. The van der Waals surface area contributed by atoms with Crippen LogP contribution in [0.2, 0.25) is 0 Å². The van der Waals surface area contributed by atoms with Crippen molar-refractivity contribution in [2.45, 2.75) is 24.3 Å². The molecule has 0 bridgehead atoms. The molecule has 1 rings (SSSR count). The van der Waals surface area contributed by atoms with Gasteiger partial charge in [-0.05, 0) is 37.6 Å². The number of hydrogen-bond acceptors (Lipinski definition) is 5. The molecule has 4 N–H and O–H groups in total. The average Bonchev–Trinajstić information content (AvgIpc) is 2.36. The van der Waals surface area contributed by atoms with Crippen LogP contribution < -0.4 is 15.2 Å². The second-order valence-corrected chi connectivity index (χ2v) is 8.20. The Morgan fingerprint density at radius 3 is 2.14 bits per heavy atom. The smallest absolute Gasteiger partial charge is 0.238 e. The predicted molar refractivity (Wildman–Crippen MR) is 81.7 cm³/mol. The van der Waals surface area contributed by atoms with Crippen molar-refractivity contribution < 1.29 is 16.8 Å². The van der Waals surface area contributed by atoms with Gasteiger partial charge in [-0.1, -0.05) is 12.1 Å². The maximum absolute atomic E-state index is 11.1. The van der Waals surface area contributed by atoms with E-state index in [1.807, 2.05) is 6.92 Å². The maximum atomic E-state index is 11.1. The van der Waals surface area contributed by atoms with Gasteiger partial charge in [0.2, 0.25) is 20.0 Å². The predicted octanol–water partition coefficient (Wildman–Crippen LogP) is -0.0761. The first-order valence-electron chi connectivity index (χ1n) is 6.40. The average molecular weight is 335 g/mol. The van der Waals surface area contributed by atoms with E-state index in [4.69, 9.17) is 5.14 Å². The molecule has 0 aliphatic rings. The standard InChI is InChI=1S/C12H21N3O4S2/c1-10(14-8-3-9-15-20(2,16)17)11-4-6-12(7-5-11)21(13,18)19/h4-7,10,14-15H,3,8-9H2,1-2H3,(H2,13,18,19). The Morgan fingerprint density at radius 1 is 1.10 bits per heavy atom. The van der Waals surface area contributed by atoms with Gasteiger partial charge in [0.25, 0.3) is 0 Å². The summed E-state index contributed by atoms with van der Waals surface area (Å²) in [7, 11) is -6.81. The first kappa shape index (κ1) is 18.1. The summed E-state index contributed by atoms with van der Waals surface area (Å²) < 4.78 is 46.4. The molecule has 0 radical (unpaired) electrons. The van der Waals surface area contributed by atoms with E-state index in [0.29, 0.717) is 19.5 Å². The molecular weight excluding hydrogens is 314 g/mol. The molecule has 7 nitrogen and oxygen atoms in total. The summed E-state index contributed by atoms with van der Waals surface area (Å²) in [6.45, 7) is 2.96. The highest BCUT2D eigenvalue weighted by atomic mass is 32.2. The van der Waals surface area contributed by atoms with Crippen LogP contribution in [-0.2, 0) is 20.0 Å². The number of benzene rings is 1. The Bertz CT molecular complexity index is 654. The fourth-order valence-electron chi connectivity index (χ4n) is 1.73. The molecule has 0 aliphatic heterocycles. The van der Waals surface area contributed by atoms with Crippen molar-refractivity contribution in [3.8, 4) is 0 Å². The number of hydrogen-bond donors (Lipinski definition) is 3. The van der Waals surface area contributed by atoms with E-state index in [2.05, 4.69) is 10.0 Å². The minimum atomic E-state index is -3.67. The van der Waals surface area contributed by atoms with Crippen LogP contribution in [0.15, 0.2) is 29.2 Å². The van der Waals surface area contributed by atoms with Crippen LogP contribution in [0.5, 0.6) is 0 Å². The molecule has 0 spiro atoms. The van der Waals surface area contributed by atoms with E-state index in [-0.39, 0.29) is 10.9 Å². The van der Waals surface area contributed by atoms with E-state index in [9.17, 15) is 16.8 Å². The van der Waals surface area contributed by atoms with E-state index in [1.165, 1.54) is 12.1 Å². The van der Waals surface area contributed by atoms with Crippen LogP contribution in [0, 0.1) is 0 Å². The molecule has 1 atom stereocenters. The Balaban J connectivity index is 2.44. The van der Waals surface area contributed by atoms with E-state index < -0.39 is 20.0 Å². The van der Waals surface area contributed by atoms with Gasteiger partial charge in [0.15, 0.2) is 0 Å². The third kappa shape index (κ3) is 7.00. The van der Waals surface area contributed by atoms with Gasteiger partial charge in [0.05, 0.1) is 11.2 Å². The molecule has 0 heterocycles. The van der Waals surface area contributed by atoms with Crippen molar-refractivity contribution in [2.24, 2.45) is 5.14 Å². The number of rotatable bonds is 8. The van der Waals surface area contributed by atoms with Gasteiger partial charge in [0.1, 0.15) is 0 Å². The van der Waals surface area contributed by atoms with Crippen LogP contribution in [0.1, 0.15) is 24.9 Å². The number of primary sulfonamides is 1. The normalized spacial score (nSPS) is 14.0. The highest BCUT2D eigenvalue weighted by Gasteiger charge is 2.09. The Labute approximate surface area is 126 Å². The van der Waals surface area contributed by atoms with Crippen LogP contribution in [-0.4, -0.2) is 36.2 Å². The minimum Gasteiger partial charge on any atom is -0.310 e. The molecule has 0 amide bonds. The van der Waals surface area contributed by atoms with Crippen LogP contribution in [0.4, 0.5) is 0 Å². The van der Waals surface area contributed by atoms with Crippen molar-refractivity contribution >= 4 is 20.0 Å². The summed E-state index contributed by atoms with van der Waals surface area (Å²) in [6.07, 6.45) is 1.78.